The summed E-state index contributed by atoms with van der Waals surface area (Å²) < 4.78 is 11.4. The van der Waals surface area contributed by atoms with Crippen LogP contribution in [0.2, 0.25) is 0 Å². The van der Waals surface area contributed by atoms with Crippen LogP contribution < -0.4 is 14.8 Å². The molecule has 1 aromatic rings. The van der Waals surface area contributed by atoms with Gasteiger partial charge in [0, 0.05) is 19.0 Å². The fourth-order valence-electron chi connectivity index (χ4n) is 6.26. The molecule has 0 aromatic heterocycles. The Labute approximate surface area is 211 Å². The summed E-state index contributed by atoms with van der Waals surface area (Å²) in [6.45, 7) is 6.43. The molecule has 35 heavy (non-hydrogen) atoms. The van der Waals surface area contributed by atoms with Gasteiger partial charge in [-0.1, -0.05) is 38.7 Å². The lowest BCUT2D eigenvalue weighted by Crippen LogP contribution is -2.44. The lowest BCUT2D eigenvalue weighted by molar-refractivity contribution is -0.122. The van der Waals surface area contributed by atoms with E-state index in [1.54, 1.807) is 0 Å². The molecule has 4 rings (SSSR count). The molecule has 1 amide bonds. The second kappa shape index (κ2) is 13.0. The number of carbonyl (C=O) groups is 1. The molecular weight excluding hydrogens is 440 g/mol. The number of hydrogen-bond donors (Lipinski definition) is 2. The number of hydrogen-bond acceptors (Lipinski definition) is 5. The molecule has 1 aliphatic carbocycles. The van der Waals surface area contributed by atoms with E-state index in [2.05, 4.69) is 29.3 Å². The number of rotatable bonds is 13. The normalized spacial score (nSPS) is 21.1. The highest BCUT2D eigenvalue weighted by molar-refractivity contribution is 5.76. The number of fused-ring (bicyclic) bond motifs is 1. The number of aliphatic hydroxyl groups is 1. The summed E-state index contributed by atoms with van der Waals surface area (Å²) in [6.07, 6.45) is 13.3. The Kier molecular flexibility index (Phi) is 9.73. The van der Waals surface area contributed by atoms with Crippen molar-refractivity contribution in [1.29, 1.82) is 0 Å². The van der Waals surface area contributed by atoms with Crippen molar-refractivity contribution in [3.8, 4) is 11.5 Å². The number of nitrogens with zero attached hydrogens (tertiary/aromatic N) is 1. The molecule has 2 aliphatic heterocycles. The quantitative estimate of drug-likeness (QED) is 0.390. The van der Waals surface area contributed by atoms with Crippen LogP contribution in [0.15, 0.2) is 18.2 Å². The number of benzene rings is 1. The molecule has 3 aliphatic rings. The summed E-state index contributed by atoms with van der Waals surface area (Å²) in [7, 11) is 0. The van der Waals surface area contributed by atoms with Gasteiger partial charge in [0.1, 0.15) is 13.2 Å². The van der Waals surface area contributed by atoms with Gasteiger partial charge >= 0.3 is 0 Å². The molecular formula is C29H46N2O4. The van der Waals surface area contributed by atoms with Gasteiger partial charge in [0.2, 0.25) is 5.91 Å². The predicted molar refractivity (Wildman–Crippen MR) is 139 cm³/mol. The molecule has 1 saturated carbocycles. The van der Waals surface area contributed by atoms with Crippen molar-refractivity contribution in [2.24, 2.45) is 5.92 Å². The standard InChI is InChI=1S/C29H46N2O4/c1-2-29(33,24-10-5-6-11-24)15-7-3-4-12-28(32)30-25(22-31-16-8-9-17-31)20-23-13-14-26-27(21-23)35-19-18-34-26/h13-14,21,24-25,33H,2-12,15-20,22H2,1H3,(H,30,32)/t25-,29?/m0/s1. The zero-order valence-corrected chi connectivity index (χ0v) is 21.7. The first kappa shape index (κ1) is 26.3. The Balaban J connectivity index is 1.23. The molecule has 1 aromatic carbocycles. The van der Waals surface area contributed by atoms with Crippen molar-refractivity contribution in [2.45, 2.75) is 102 Å². The summed E-state index contributed by atoms with van der Waals surface area (Å²) in [5, 5.41) is 14.4. The molecule has 2 fully saturated rings. The molecule has 0 spiro atoms. The number of amides is 1. The minimum atomic E-state index is -0.497. The summed E-state index contributed by atoms with van der Waals surface area (Å²) in [6, 6.07) is 6.24. The molecule has 6 nitrogen and oxygen atoms in total. The first-order chi connectivity index (χ1) is 17.1. The SMILES string of the molecule is CCC(O)(CCCCCC(=O)N[C@@H](Cc1ccc2c(c1)OCCO2)CN1CCCC1)C1CCCC1. The topological polar surface area (TPSA) is 71.0 Å². The third-order valence-corrected chi connectivity index (χ3v) is 8.37. The van der Waals surface area contributed by atoms with Gasteiger partial charge < -0.3 is 24.8 Å². The molecule has 196 valence electrons. The molecule has 2 heterocycles. The lowest BCUT2D eigenvalue weighted by atomic mass is 9.80. The predicted octanol–water partition coefficient (Wildman–Crippen LogP) is 4.86. The van der Waals surface area contributed by atoms with Crippen LogP contribution in [0.1, 0.15) is 89.5 Å². The summed E-state index contributed by atoms with van der Waals surface area (Å²) in [5.41, 5.74) is 0.674. The molecule has 0 radical (unpaired) electrons. The lowest BCUT2D eigenvalue weighted by Gasteiger charge is -2.33. The number of carbonyl (C=O) groups excluding carboxylic acids is 1. The average molecular weight is 487 g/mol. The summed E-state index contributed by atoms with van der Waals surface area (Å²) in [4.78, 5) is 15.3. The van der Waals surface area contributed by atoms with Gasteiger partial charge in [-0.05, 0) is 88.1 Å². The van der Waals surface area contributed by atoms with Crippen LogP contribution in [0.25, 0.3) is 0 Å². The van der Waals surface area contributed by atoms with E-state index in [9.17, 15) is 9.90 Å². The second-order valence-corrected chi connectivity index (χ2v) is 11.0. The Morgan fingerprint density at radius 3 is 2.57 bits per heavy atom. The van der Waals surface area contributed by atoms with Crippen LogP contribution in [0.3, 0.4) is 0 Å². The maximum absolute atomic E-state index is 12.9. The summed E-state index contributed by atoms with van der Waals surface area (Å²) >= 11 is 0. The van der Waals surface area contributed by atoms with Crippen molar-refractivity contribution in [2.75, 3.05) is 32.8 Å². The van der Waals surface area contributed by atoms with Crippen molar-refractivity contribution in [3.05, 3.63) is 23.8 Å². The number of nitrogens with one attached hydrogen (secondary N) is 1. The number of likely N-dealkylation sites (tertiary alicyclic amines) is 1. The first-order valence-corrected chi connectivity index (χ1v) is 14.2. The molecule has 2 atom stereocenters. The fraction of sp³-hybridized carbons (Fsp3) is 0.759. The third kappa shape index (κ3) is 7.60. The molecule has 0 bridgehead atoms. The Morgan fingerprint density at radius 2 is 1.83 bits per heavy atom. The van der Waals surface area contributed by atoms with Crippen LogP contribution in [-0.4, -0.2) is 60.4 Å². The van der Waals surface area contributed by atoms with Gasteiger partial charge in [-0.15, -0.1) is 0 Å². The van der Waals surface area contributed by atoms with E-state index in [1.165, 1.54) is 44.1 Å². The van der Waals surface area contributed by atoms with Crippen LogP contribution >= 0.6 is 0 Å². The first-order valence-electron chi connectivity index (χ1n) is 14.2. The van der Waals surface area contributed by atoms with Crippen LogP contribution in [0, 0.1) is 5.92 Å². The number of unbranched alkanes of at least 4 members (excludes halogenated alkanes) is 2. The molecule has 1 unspecified atom stereocenters. The highest BCUT2D eigenvalue weighted by atomic mass is 16.6. The van der Waals surface area contributed by atoms with Gasteiger partial charge in [0.15, 0.2) is 11.5 Å². The Bertz CT molecular complexity index is 804. The van der Waals surface area contributed by atoms with Crippen LogP contribution in [0.5, 0.6) is 11.5 Å². The maximum Gasteiger partial charge on any atom is 0.220 e. The zero-order valence-electron chi connectivity index (χ0n) is 21.7. The minimum Gasteiger partial charge on any atom is -0.486 e. The molecule has 6 heteroatoms. The van der Waals surface area contributed by atoms with Crippen molar-refractivity contribution < 1.29 is 19.4 Å². The fourth-order valence-corrected chi connectivity index (χ4v) is 6.26. The highest BCUT2D eigenvalue weighted by Gasteiger charge is 2.36. The van der Waals surface area contributed by atoms with Crippen LogP contribution in [-0.2, 0) is 11.2 Å². The highest BCUT2D eigenvalue weighted by Crippen LogP contribution is 2.39. The largest absolute Gasteiger partial charge is 0.486 e. The van der Waals surface area contributed by atoms with Gasteiger partial charge in [-0.3, -0.25) is 4.79 Å². The number of ether oxygens (including phenoxy) is 2. The molecule has 1 saturated heterocycles. The van der Waals surface area contributed by atoms with Crippen molar-refractivity contribution in [1.82, 2.24) is 10.2 Å². The molecule has 2 N–H and O–H groups in total. The third-order valence-electron chi connectivity index (χ3n) is 8.37. The van der Waals surface area contributed by atoms with Gasteiger partial charge in [0.25, 0.3) is 0 Å². The van der Waals surface area contributed by atoms with Gasteiger partial charge in [-0.25, -0.2) is 0 Å². The maximum atomic E-state index is 12.9. The summed E-state index contributed by atoms with van der Waals surface area (Å²) in [5.74, 6) is 2.24. The van der Waals surface area contributed by atoms with E-state index in [4.69, 9.17) is 9.47 Å². The van der Waals surface area contributed by atoms with Gasteiger partial charge in [-0.2, -0.15) is 0 Å². The Morgan fingerprint density at radius 1 is 1.09 bits per heavy atom. The van der Waals surface area contributed by atoms with E-state index < -0.39 is 5.60 Å². The van der Waals surface area contributed by atoms with Gasteiger partial charge in [0.05, 0.1) is 5.60 Å². The van der Waals surface area contributed by atoms with E-state index in [-0.39, 0.29) is 11.9 Å². The zero-order chi connectivity index (χ0) is 24.5. The average Bonchev–Trinajstić information content (AvgIpc) is 3.59. The monoisotopic (exact) mass is 486 g/mol. The smallest absolute Gasteiger partial charge is 0.220 e. The second-order valence-electron chi connectivity index (χ2n) is 11.0. The van der Waals surface area contributed by atoms with E-state index >= 15 is 0 Å². The van der Waals surface area contributed by atoms with Crippen LogP contribution in [0.4, 0.5) is 0 Å². The van der Waals surface area contributed by atoms with Crippen molar-refractivity contribution in [3.63, 3.8) is 0 Å². The van der Waals surface area contributed by atoms with E-state index in [0.717, 1.165) is 69.7 Å². The minimum absolute atomic E-state index is 0.0932. The van der Waals surface area contributed by atoms with E-state index in [1.807, 2.05) is 6.07 Å². The van der Waals surface area contributed by atoms with Crippen molar-refractivity contribution >= 4 is 5.91 Å². The van der Waals surface area contributed by atoms with E-state index in [0.29, 0.717) is 25.6 Å². The Hall–Kier alpha value is -1.79.